The van der Waals surface area contributed by atoms with E-state index in [9.17, 15) is 13.2 Å². The molecule has 2 nitrogen and oxygen atoms in total. The third-order valence-corrected chi connectivity index (χ3v) is 6.76. The summed E-state index contributed by atoms with van der Waals surface area (Å²) in [7, 11) is -0.751. The summed E-state index contributed by atoms with van der Waals surface area (Å²) in [6.45, 7) is -0.405. The van der Waals surface area contributed by atoms with E-state index in [1.54, 1.807) is 12.1 Å². The molecule has 148 valence electrons. The van der Waals surface area contributed by atoms with Gasteiger partial charge >= 0.3 is 6.01 Å². The highest BCUT2D eigenvalue weighted by Gasteiger charge is 2.21. The molecule has 0 spiro atoms. The van der Waals surface area contributed by atoms with E-state index >= 15 is 0 Å². The van der Waals surface area contributed by atoms with E-state index in [4.69, 9.17) is 4.74 Å². The van der Waals surface area contributed by atoms with Gasteiger partial charge < -0.3 is 9.15 Å². The van der Waals surface area contributed by atoms with Crippen LogP contribution in [0.3, 0.4) is 0 Å². The Bertz CT molecular complexity index is 1040. The van der Waals surface area contributed by atoms with Crippen LogP contribution in [0.25, 0.3) is 0 Å². The lowest BCUT2D eigenvalue weighted by atomic mass is 10.3. The third kappa shape index (κ3) is 4.17. The predicted octanol–water partition coefficient (Wildman–Crippen LogP) is 6.75. The number of rotatable bonds is 6. The van der Waals surface area contributed by atoms with Gasteiger partial charge in [0, 0.05) is 0 Å². The predicted molar refractivity (Wildman–Crippen MR) is 106 cm³/mol. The van der Waals surface area contributed by atoms with Crippen molar-refractivity contribution in [2.45, 2.75) is 21.3 Å². The molecule has 29 heavy (non-hydrogen) atoms. The molecule has 4 aromatic rings. The number of halogens is 3. The minimum atomic E-state index is -1.63. The molecule has 0 aliphatic carbocycles. The number of furan rings is 1. The highest BCUT2D eigenvalue weighted by molar-refractivity contribution is 8.17. The molecular weight excluding hydrogens is 397 g/mol. The third-order valence-electron chi connectivity index (χ3n) is 4.32. The van der Waals surface area contributed by atoms with Crippen LogP contribution in [0.4, 0.5) is 13.2 Å². The Labute approximate surface area is 168 Å². The van der Waals surface area contributed by atoms with E-state index in [2.05, 4.69) is 28.7 Å². The Balaban J connectivity index is 1.57. The van der Waals surface area contributed by atoms with Crippen molar-refractivity contribution >= 4 is 10.9 Å². The lowest BCUT2D eigenvalue weighted by molar-refractivity contribution is 0.235. The van der Waals surface area contributed by atoms with Crippen molar-refractivity contribution < 1.29 is 22.3 Å². The lowest BCUT2D eigenvalue weighted by Gasteiger charge is -2.23. The van der Waals surface area contributed by atoms with Crippen molar-refractivity contribution in [2.24, 2.45) is 0 Å². The molecule has 1 aromatic heterocycles. The molecule has 0 bridgehead atoms. The maximum atomic E-state index is 13.5. The summed E-state index contributed by atoms with van der Waals surface area (Å²) in [5.74, 6) is -3.06. The number of benzene rings is 3. The Morgan fingerprint density at radius 3 is 1.66 bits per heavy atom. The van der Waals surface area contributed by atoms with Gasteiger partial charge in [-0.15, -0.1) is 0 Å². The van der Waals surface area contributed by atoms with E-state index < -0.39 is 40.9 Å². The van der Waals surface area contributed by atoms with Crippen molar-refractivity contribution in [3.05, 3.63) is 108 Å². The summed E-state index contributed by atoms with van der Waals surface area (Å²) >= 11 is 0. The lowest BCUT2D eigenvalue weighted by Crippen LogP contribution is -1.96. The van der Waals surface area contributed by atoms with Crippen molar-refractivity contribution in [3.63, 3.8) is 0 Å². The molecule has 1 heterocycles. The van der Waals surface area contributed by atoms with Gasteiger partial charge in [-0.05, 0) is 63.2 Å². The van der Waals surface area contributed by atoms with Gasteiger partial charge in [-0.3, -0.25) is 0 Å². The normalized spacial score (nSPS) is 11.3. The summed E-state index contributed by atoms with van der Waals surface area (Å²) in [5.41, 5.74) is 0. The molecule has 0 atom stereocenters. The maximum Gasteiger partial charge on any atom is 0.317 e. The monoisotopic (exact) mass is 414 g/mol. The number of thiol groups is 1. The first kappa shape index (κ1) is 19.2. The van der Waals surface area contributed by atoms with Crippen LogP contribution in [0.1, 0.15) is 5.76 Å². The first-order valence-electron chi connectivity index (χ1n) is 8.89. The summed E-state index contributed by atoms with van der Waals surface area (Å²) in [6.07, 6.45) is 0. The molecule has 0 N–H and O–H groups in total. The van der Waals surface area contributed by atoms with Crippen molar-refractivity contribution in [1.29, 1.82) is 0 Å². The van der Waals surface area contributed by atoms with Gasteiger partial charge in [0.2, 0.25) is 11.6 Å². The van der Waals surface area contributed by atoms with E-state index in [0.717, 1.165) is 4.90 Å². The summed E-state index contributed by atoms with van der Waals surface area (Å²) in [5, 5.41) is 0. The largest absolute Gasteiger partial charge is 0.486 e. The summed E-state index contributed by atoms with van der Waals surface area (Å²) in [6, 6.07) is 26.3. The zero-order chi connectivity index (χ0) is 20.2. The second kappa shape index (κ2) is 8.49. The average molecular weight is 414 g/mol. The van der Waals surface area contributed by atoms with Crippen LogP contribution < -0.4 is 4.74 Å². The smallest absolute Gasteiger partial charge is 0.317 e. The minimum absolute atomic E-state index is 0.405. The second-order valence-electron chi connectivity index (χ2n) is 6.22. The zero-order valence-electron chi connectivity index (χ0n) is 15.2. The van der Waals surface area contributed by atoms with Crippen LogP contribution in [0.2, 0.25) is 0 Å². The number of ether oxygens (including phenoxy) is 1. The van der Waals surface area contributed by atoms with E-state index in [1.165, 1.54) is 9.79 Å². The molecule has 0 fully saturated rings. The number of hydrogen-bond acceptors (Lipinski definition) is 2. The van der Waals surface area contributed by atoms with Gasteiger partial charge in [-0.25, -0.2) is 0 Å². The average Bonchev–Trinajstić information content (AvgIpc) is 3.01. The van der Waals surface area contributed by atoms with E-state index in [0.29, 0.717) is 5.75 Å². The van der Waals surface area contributed by atoms with Gasteiger partial charge in [0.25, 0.3) is 0 Å². The second-order valence-corrected chi connectivity index (χ2v) is 8.44. The Kier molecular flexibility index (Phi) is 5.62. The van der Waals surface area contributed by atoms with Gasteiger partial charge in [0.15, 0.2) is 5.76 Å². The van der Waals surface area contributed by atoms with Gasteiger partial charge in [-0.1, -0.05) is 36.4 Å². The topological polar surface area (TPSA) is 22.4 Å². The Hall–Kier alpha value is -3.12. The van der Waals surface area contributed by atoms with Gasteiger partial charge in [0.1, 0.15) is 12.4 Å². The first-order valence-corrected chi connectivity index (χ1v) is 10.2. The molecule has 4 rings (SSSR count). The van der Waals surface area contributed by atoms with Crippen LogP contribution >= 0.6 is 10.9 Å². The fourth-order valence-electron chi connectivity index (χ4n) is 2.94. The molecule has 0 unspecified atom stereocenters. The minimum Gasteiger partial charge on any atom is -0.486 e. The van der Waals surface area contributed by atoms with E-state index in [-0.39, 0.29) is 0 Å². The molecule has 0 saturated carbocycles. The molecule has 0 saturated heterocycles. The SMILES string of the molecule is Fc1oc(COc2ccc([SH](c3ccccc3)c3ccccc3)cc2)c(F)c1F. The fraction of sp³-hybridized carbons (Fsp3) is 0.0435. The van der Waals surface area contributed by atoms with Crippen LogP contribution in [-0.4, -0.2) is 0 Å². The Morgan fingerprint density at radius 1 is 0.655 bits per heavy atom. The van der Waals surface area contributed by atoms with Gasteiger partial charge in [-0.2, -0.15) is 24.1 Å². The molecule has 0 amide bonds. The van der Waals surface area contributed by atoms with Crippen LogP contribution in [0, 0.1) is 17.6 Å². The molecule has 3 aromatic carbocycles. The van der Waals surface area contributed by atoms with Crippen LogP contribution in [0.15, 0.2) is 104 Å². The molecular formula is C23H17F3O2S. The van der Waals surface area contributed by atoms with E-state index in [1.807, 2.05) is 48.5 Å². The number of hydrogen-bond donors (Lipinski definition) is 1. The Morgan fingerprint density at radius 2 is 1.17 bits per heavy atom. The standard InChI is InChI=1S/C23H17F3O2S/c24-21-20(28-23(26)22(21)25)15-27-16-11-13-19(14-12-16)29(17-7-3-1-4-8-17)18-9-5-2-6-10-18/h1-14,29H,15H2. The van der Waals surface area contributed by atoms with Crippen molar-refractivity contribution in [3.8, 4) is 5.75 Å². The molecule has 0 aliphatic rings. The van der Waals surface area contributed by atoms with Crippen molar-refractivity contribution in [2.75, 3.05) is 0 Å². The fourth-order valence-corrected chi connectivity index (χ4v) is 5.22. The highest BCUT2D eigenvalue weighted by Crippen LogP contribution is 2.51. The van der Waals surface area contributed by atoms with Gasteiger partial charge in [0.05, 0.1) is 0 Å². The zero-order valence-corrected chi connectivity index (χ0v) is 16.1. The summed E-state index contributed by atoms with van der Waals surface area (Å²) in [4.78, 5) is 3.54. The van der Waals surface area contributed by atoms with Crippen molar-refractivity contribution in [1.82, 2.24) is 0 Å². The van der Waals surface area contributed by atoms with Crippen LogP contribution in [0.5, 0.6) is 5.75 Å². The highest BCUT2D eigenvalue weighted by atomic mass is 32.2. The molecule has 0 radical (unpaired) electrons. The molecule has 0 aliphatic heterocycles. The maximum absolute atomic E-state index is 13.5. The van der Waals surface area contributed by atoms with Crippen LogP contribution in [-0.2, 0) is 6.61 Å². The summed E-state index contributed by atoms with van der Waals surface area (Å²) < 4.78 is 49.3. The quantitative estimate of drug-likeness (QED) is 0.352. The molecule has 6 heteroatoms. The first-order chi connectivity index (χ1) is 14.1.